The molecular weight excluding hydrogens is 240 g/mol. The van der Waals surface area contributed by atoms with Crippen LogP contribution in [0, 0.1) is 0 Å². The Labute approximate surface area is 113 Å². The Morgan fingerprint density at radius 3 is 2.42 bits per heavy atom. The summed E-state index contributed by atoms with van der Waals surface area (Å²) in [7, 11) is 1.65. The summed E-state index contributed by atoms with van der Waals surface area (Å²) >= 11 is 0. The van der Waals surface area contributed by atoms with Gasteiger partial charge in [0.1, 0.15) is 11.4 Å². The van der Waals surface area contributed by atoms with Crippen LogP contribution in [0.15, 0.2) is 24.3 Å². The van der Waals surface area contributed by atoms with Crippen LogP contribution in [0.5, 0.6) is 11.5 Å². The van der Waals surface area contributed by atoms with Gasteiger partial charge in [0.15, 0.2) is 5.75 Å². The molecule has 1 heterocycles. The minimum atomic E-state index is 0.333. The zero-order valence-corrected chi connectivity index (χ0v) is 11.7. The molecule has 0 bridgehead atoms. The van der Waals surface area contributed by atoms with E-state index < -0.39 is 0 Å². The van der Waals surface area contributed by atoms with Gasteiger partial charge in [-0.05, 0) is 37.1 Å². The average Bonchev–Trinajstić information content (AvgIpc) is 2.76. The highest BCUT2D eigenvalue weighted by molar-refractivity contribution is 5.43. The highest BCUT2D eigenvalue weighted by Crippen LogP contribution is 2.27. The first-order valence-electron chi connectivity index (χ1n) is 6.65. The van der Waals surface area contributed by atoms with Crippen LogP contribution in [0.25, 0.3) is 5.69 Å². The second kappa shape index (κ2) is 5.78. The first-order chi connectivity index (χ1) is 9.21. The second-order valence-electron chi connectivity index (χ2n) is 4.46. The van der Waals surface area contributed by atoms with Gasteiger partial charge in [-0.3, -0.25) is 0 Å². The van der Waals surface area contributed by atoms with E-state index in [4.69, 9.17) is 4.74 Å². The molecule has 0 fully saturated rings. The summed E-state index contributed by atoms with van der Waals surface area (Å²) in [5.41, 5.74) is 2.57. The van der Waals surface area contributed by atoms with Gasteiger partial charge in [0.25, 0.3) is 0 Å². The zero-order chi connectivity index (χ0) is 13.8. The van der Waals surface area contributed by atoms with E-state index in [0.717, 1.165) is 42.1 Å². The number of ether oxygens (including phenoxy) is 1. The van der Waals surface area contributed by atoms with E-state index in [-0.39, 0.29) is 0 Å². The molecule has 4 nitrogen and oxygen atoms in total. The maximum Gasteiger partial charge on any atom is 0.160 e. The number of hydrogen-bond donors (Lipinski definition) is 1. The number of rotatable bonds is 5. The molecule has 4 heteroatoms. The molecule has 0 saturated heterocycles. The van der Waals surface area contributed by atoms with Gasteiger partial charge in [0, 0.05) is 0 Å². The fourth-order valence-corrected chi connectivity index (χ4v) is 2.13. The van der Waals surface area contributed by atoms with Crippen LogP contribution in [0.3, 0.4) is 0 Å². The summed E-state index contributed by atoms with van der Waals surface area (Å²) in [5.74, 6) is 1.15. The second-order valence-corrected chi connectivity index (χ2v) is 4.46. The first-order valence-corrected chi connectivity index (χ1v) is 6.65. The molecule has 0 saturated carbocycles. The van der Waals surface area contributed by atoms with E-state index >= 15 is 0 Å². The fraction of sp³-hybridized carbons (Fsp3) is 0.400. The summed E-state index contributed by atoms with van der Waals surface area (Å²) in [6, 6.07) is 7.69. The smallest absolute Gasteiger partial charge is 0.160 e. The van der Waals surface area contributed by atoms with Crippen molar-refractivity contribution in [2.75, 3.05) is 7.11 Å². The van der Waals surface area contributed by atoms with Crippen LogP contribution in [0.1, 0.15) is 31.7 Å². The van der Waals surface area contributed by atoms with Crippen LogP contribution in [0.2, 0.25) is 0 Å². The monoisotopic (exact) mass is 260 g/mol. The summed E-state index contributed by atoms with van der Waals surface area (Å²) in [6.07, 6.45) is 2.51. The van der Waals surface area contributed by atoms with Gasteiger partial charge in [-0.2, -0.15) is 5.10 Å². The van der Waals surface area contributed by atoms with Crippen LogP contribution < -0.4 is 4.74 Å². The van der Waals surface area contributed by atoms with E-state index in [1.54, 1.807) is 7.11 Å². The van der Waals surface area contributed by atoms with Gasteiger partial charge in [0.2, 0.25) is 0 Å². The quantitative estimate of drug-likeness (QED) is 0.898. The lowest BCUT2D eigenvalue weighted by Crippen LogP contribution is -2.02. The standard InChI is InChI=1S/C15H20N2O2/c1-4-6-14-15(18)13(5-2)16-17(14)11-7-9-12(19-3)10-8-11/h7-10,18H,4-6H2,1-3H3. The lowest BCUT2D eigenvalue weighted by molar-refractivity contribution is 0.414. The third-order valence-electron chi connectivity index (χ3n) is 3.16. The Morgan fingerprint density at radius 1 is 1.21 bits per heavy atom. The molecule has 0 atom stereocenters. The molecule has 2 aromatic rings. The minimum Gasteiger partial charge on any atom is -0.504 e. The molecule has 0 unspecified atom stereocenters. The molecule has 0 spiro atoms. The van der Waals surface area contributed by atoms with Gasteiger partial charge in [-0.15, -0.1) is 0 Å². The number of hydrogen-bond acceptors (Lipinski definition) is 3. The number of aryl methyl sites for hydroxylation is 1. The molecule has 0 aliphatic heterocycles. The van der Waals surface area contributed by atoms with Crippen molar-refractivity contribution in [2.45, 2.75) is 33.1 Å². The predicted octanol–water partition coefficient (Wildman–Crippen LogP) is 3.10. The topological polar surface area (TPSA) is 47.3 Å². The van der Waals surface area contributed by atoms with Gasteiger partial charge in [-0.25, -0.2) is 4.68 Å². The fourth-order valence-electron chi connectivity index (χ4n) is 2.13. The van der Waals surface area contributed by atoms with E-state index in [1.807, 2.05) is 35.9 Å². The molecule has 102 valence electrons. The SMILES string of the molecule is CCCc1c(O)c(CC)nn1-c1ccc(OC)cc1. The number of benzene rings is 1. The van der Waals surface area contributed by atoms with E-state index in [1.165, 1.54) is 0 Å². The molecule has 0 aliphatic rings. The van der Waals surface area contributed by atoms with Crippen molar-refractivity contribution in [2.24, 2.45) is 0 Å². The van der Waals surface area contributed by atoms with E-state index in [0.29, 0.717) is 5.75 Å². The molecule has 2 rings (SSSR count). The van der Waals surface area contributed by atoms with E-state index in [9.17, 15) is 5.11 Å². The van der Waals surface area contributed by atoms with Crippen molar-refractivity contribution in [1.29, 1.82) is 0 Å². The molecule has 0 amide bonds. The maximum atomic E-state index is 10.2. The third-order valence-corrected chi connectivity index (χ3v) is 3.16. The molecule has 1 aromatic heterocycles. The van der Waals surface area contributed by atoms with Crippen molar-refractivity contribution in [1.82, 2.24) is 9.78 Å². The van der Waals surface area contributed by atoms with Crippen molar-refractivity contribution in [3.63, 3.8) is 0 Å². The van der Waals surface area contributed by atoms with Crippen LogP contribution >= 0.6 is 0 Å². The third kappa shape index (κ3) is 2.57. The van der Waals surface area contributed by atoms with Crippen molar-refractivity contribution in [3.05, 3.63) is 35.7 Å². The van der Waals surface area contributed by atoms with Crippen LogP contribution in [0.4, 0.5) is 0 Å². The van der Waals surface area contributed by atoms with Crippen molar-refractivity contribution >= 4 is 0 Å². The van der Waals surface area contributed by atoms with Crippen LogP contribution in [-0.4, -0.2) is 22.0 Å². The normalized spacial score (nSPS) is 10.7. The van der Waals surface area contributed by atoms with Crippen molar-refractivity contribution < 1.29 is 9.84 Å². The number of aromatic nitrogens is 2. The summed E-state index contributed by atoms with van der Waals surface area (Å²) in [4.78, 5) is 0. The summed E-state index contributed by atoms with van der Waals surface area (Å²) in [6.45, 7) is 4.09. The number of nitrogens with zero attached hydrogens (tertiary/aromatic N) is 2. The summed E-state index contributed by atoms with van der Waals surface area (Å²) in [5, 5.41) is 14.7. The highest BCUT2D eigenvalue weighted by atomic mass is 16.5. The maximum absolute atomic E-state index is 10.2. The lowest BCUT2D eigenvalue weighted by atomic mass is 10.2. The van der Waals surface area contributed by atoms with Gasteiger partial charge >= 0.3 is 0 Å². The minimum absolute atomic E-state index is 0.333. The molecule has 1 N–H and O–H groups in total. The van der Waals surface area contributed by atoms with E-state index in [2.05, 4.69) is 12.0 Å². The van der Waals surface area contributed by atoms with Gasteiger partial charge in [0.05, 0.1) is 18.5 Å². The lowest BCUT2D eigenvalue weighted by Gasteiger charge is -2.07. The molecular formula is C15H20N2O2. The number of methoxy groups -OCH3 is 1. The Balaban J connectivity index is 2.47. The van der Waals surface area contributed by atoms with Crippen LogP contribution in [-0.2, 0) is 12.8 Å². The predicted molar refractivity (Wildman–Crippen MR) is 75.2 cm³/mol. The van der Waals surface area contributed by atoms with Crippen molar-refractivity contribution in [3.8, 4) is 17.2 Å². The molecule has 1 aromatic carbocycles. The number of aromatic hydroxyl groups is 1. The molecule has 0 radical (unpaired) electrons. The Morgan fingerprint density at radius 2 is 1.89 bits per heavy atom. The Hall–Kier alpha value is -1.97. The zero-order valence-electron chi connectivity index (χ0n) is 11.7. The van der Waals surface area contributed by atoms with Gasteiger partial charge < -0.3 is 9.84 Å². The molecule has 0 aliphatic carbocycles. The largest absolute Gasteiger partial charge is 0.504 e. The molecule has 19 heavy (non-hydrogen) atoms. The average molecular weight is 260 g/mol. The Bertz CT molecular complexity index is 544. The summed E-state index contributed by atoms with van der Waals surface area (Å²) < 4.78 is 6.98. The van der Waals surface area contributed by atoms with Gasteiger partial charge in [-0.1, -0.05) is 20.3 Å². The highest BCUT2D eigenvalue weighted by Gasteiger charge is 2.16. The first kappa shape index (κ1) is 13.5. The Kier molecular flexibility index (Phi) is 4.10.